The van der Waals surface area contributed by atoms with Gasteiger partial charge in [0.2, 0.25) is 0 Å². The van der Waals surface area contributed by atoms with E-state index >= 15 is 0 Å². The zero-order valence-electron chi connectivity index (χ0n) is 11.3. The Labute approximate surface area is 115 Å². The molecule has 0 fully saturated rings. The normalized spacial score (nSPS) is 12.5. The van der Waals surface area contributed by atoms with Gasteiger partial charge in [-0.05, 0) is 13.0 Å². The molecule has 0 bridgehead atoms. The number of fused-ring (bicyclic) bond motifs is 1. The molecule has 0 aliphatic carbocycles. The summed E-state index contributed by atoms with van der Waals surface area (Å²) in [6.45, 7) is 1.89. The number of aromatic amines is 1. The third-order valence-corrected chi connectivity index (χ3v) is 3.32. The highest BCUT2D eigenvalue weighted by molar-refractivity contribution is 6.06. The zero-order valence-corrected chi connectivity index (χ0v) is 11.3. The molecule has 2 N–H and O–H groups in total. The first-order valence-corrected chi connectivity index (χ1v) is 6.37. The van der Waals surface area contributed by atoms with E-state index in [1.54, 1.807) is 17.1 Å². The van der Waals surface area contributed by atoms with E-state index in [1.165, 1.54) is 0 Å². The minimum absolute atomic E-state index is 0.127. The molecule has 6 nitrogen and oxygen atoms in total. The highest BCUT2D eigenvalue weighted by Gasteiger charge is 2.17. The summed E-state index contributed by atoms with van der Waals surface area (Å²) < 4.78 is 1.79. The molecule has 1 aromatic carbocycles. The smallest absolute Gasteiger partial charge is 0.254 e. The number of nitrogens with zero attached hydrogens (tertiary/aromatic N) is 3. The second-order valence-electron chi connectivity index (χ2n) is 4.74. The fourth-order valence-corrected chi connectivity index (χ4v) is 2.28. The lowest BCUT2D eigenvalue weighted by molar-refractivity contribution is 0.0939. The van der Waals surface area contributed by atoms with Crippen LogP contribution in [0.1, 0.15) is 29.1 Å². The highest BCUT2D eigenvalue weighted by Crippen LogP contribution is 2.18. The van der Waals surface area contributed by atoms with Crippen molar-refractivity contribution in [2.75, 3.05) is 0 Å². The van der Waals surface area contributed by atoms with Gasteiger partial charge in [0.1, 0.15) is 6.33 Å². The maximum Gasteiger partial charge on any atom is 0.254 e. The van der Waals surface area contributed by atoms with Crippen molar-refractivity contribution >= 4 is 16.8 Å². The Morgan fingerprint density at radius 1 is 1.40 bits per heavy atom. The number of hydrogen-bond donors (Lipinski definition) is 2. The standard InChI is InChI=1S/C14H15N5O/c1-9(13-18-16-8-19(13)2)17-14(20)11-7-15-12-6-4-3-5-10(11)12/h3-9,15H,1-2H3,(H,17,20). The lowest BCUT2D eigenvalue weighted by Crippen LogP contribution is -2.28. The molecular formula is C14H15N5O. The number of nitrogens with one attached hydrogen (secondary N) is 2. The molecule has 3 aromatic rings. The molecule has 2 aromatic heterocycles. The Bertz CT molecular complexity index is 758. The second-order valence-corrected chi connectivity index (χ2v) is 4.74. The number of carbonyl (C=O) groups excluding carboxylic acids is 1. The van der Waals surface area contributed by atoms with Crippen molar-refractivity contribution in [3.8, 4) is 0 Å². The topological polar surface area (TPSA) is 75.6 Å². The first-order valence-electron chi connectivity index (χ1n) is 6.37. The summed E-state index contributed by atoms with van der Waals surface area (Å²) in [6.07, 6.45) is 3.34. The van der Waals surface area contributed by atoms with E-state index in [1.807, 2.05) is 38.2 Å². The minimum atomic E-state index is -0.205. The molecule has 1 unspecified atom stereocenters. The molecule has 3 rings (SSSR count). The zero-order chi connectivity index (χ0) is 14.1. The maximum atomic E-state index is 12.3. The number of hydrogen-bond acceptors (Lipinski definition) is 3. The molecule has 0 saturated heterocycles. The Morgan fingerprint density at radius 2 is 2.20 bits per heavy atom. The van der Waals surface area contributed by atoms with Crippen LogP contribution in [0.3, 0.4) is 0 Å². The predicted molar refractivity (Wildman–Crippen MR) is 75.2 cm³/mol. The highest BCUT2D eigenvalue weighted by atomic mass is 16.1. The van der Waals surface area contributed by atoms with Gasteiger partial charge in [-0.15, -0.1) is 10.2 Å². The van der Waals surface area contributed by atoms with Crippen molar-refractivity contribution in [3.05, 3.63) is 48.2 Å². The van der Waals surface area contributed by atoms with Crippen LogP contribution in [0.25, 0.3) is 10.9 Å². The minimum Gasteiger partial charge on any atom is -0.360 e. The van der Waals surface area contributed by atoms with E-state index in [9.17, 15) is 4.79 Å². The molecule has 20 heavy (non-hydrogen) atoms. The molecule has 1 amide bonds. The summed E-state index contributed by atoms with van der Waals surface area (Å²) in [6, 6.07) is 7.51. The number of benzene rings is 1. The van der Waals surface area contributed by atoms with E-state index in [-0.39, 0.29) is 11.9 Å². The van der Waals surface area contributed by atoms with E-state index in [4.69, 9.17) is 0 Å². The predicted octanol–water partition coefficient (Wildman–Crippen LogP) is 1.79. The molecule has 0 aliphatic rings. The summed E-state index contributed by atoms with van der Waals surface area (Å²) in [5, 5.41) is 11.7. The number of aromatic nitrogens is 4. The summed E-state index contributed by atoms with van der Waals surface area (Å²) in [7, 11) is 1.85. The van der Waals surface area contributed by atoms with Gasteiger partial charge >= 0.3 is 0 Å². The lowest BCUT2D eigenvalue weighted by atomic mass is 10.1. The Morgan fingerprint density at radius 3 is 2.95 bits per heavy atom. The third-order valence-electron chi connectivity index (χ3n) is 3.32. The summed E-state index contributed by atoms with van der Waals surface area (Å²) in [5.41, 5.74) is 1.58. The molecule has 0 saturated carbocycles. The van der Waals surface area contributed by atoms with E-state index in [0.29, 0.717) is 5.56 Å². The monoisotopic (exact) mass is 269 g/mol. The average molecular weight is 269 g/mol. The maximum absolute atomic E-state index is 12.3. The van der Waals surface area contributed by atoms with Gasteiger partial charge in [-0.1, -0.05) is 18.2 Å². The number of amides is 1. The fourth-order valence-electron chi connectivity index (χ4n) is 2.28. The Hall–Kier alpha value is -2.63. The van der Waals surface area contributed by atoms with Crippen molar-refractivity contribution in [1.29, 1.82) is 0 Å². The van der Waals surface area contributed by atoms with Crippen LogP contribution in [0.5, 0.6) is 0 Å². The first-order chi connectivity index (χ1) is 9.66. The van der Waals surface area contributed by atoms with Gasteiger partial charge < -0.3 is 14.9 Å². The van der Waals surface area contributed by atoms with Crippen LogP contribution >= 0.6 is 0 Å². The van der Waals surface area contributed by atoms with E-state index < -0.39 is 0 Å². The van der Waals surface area contributed by atoms with Gasteiger partial charge in [0.15, 0.2) is 5.82 Å². The lowest BCUT2D eigenvalue weighted by Gasteiger charge is -2.12. The van der Waals surface area contributed by atoms with Crippen LogP contribution in [0, 0.1) is 0 Å². The third kappa shape index (κ3) is 2.05. The van der Waals surface area contributed by atoms with Crippen molar-refractivity contribution < 1.29 is 4.79 Å². The fraction of sp³-hybridized carbons (Fsp3) is 0.214. The molecule has 0 radical (unpaired) electrons. The van der Waals surface area contributed by atoms with Crippen LogP contribution in [0.2, 0.25) is 0 Å². The molecule has 1 atom stereocenters. The van der Waals surface area contributed by atoms with Crippen LogP contribution in [0.4, 0.5) is 0 Å². The SMILES string of the molecule is CC(NC(=O)c1c[nH]c2ccccc12)c1nncn1C. The average Bonchev–Trinajstić information content (AvgIpc) is 3.04. The number of carbonyl (C=O) groups is 1. The molecule has 0 spiro atoms. The van der Waals surface area contributed by atoms with Crippen molar-refractivity contribution in [2.24, 2.45) is 7.05 Å². The van der Waals surface area contributed by atoms with Crippen LogP contribution in [0.15, 0.2) is 36.8 Å². The number of rotatable bonds is 3. The Balaban J connectivity index is 1.85. The first kappa shape index (κ1) is 12.4. The van der Waals surface area contributed by atoms with E-state index in [2.05, 4.69) is 20.5 Å². The summed E-state index contributed by atoms with van der Waals surface area (Å²) in [5.74, 6) is 0.594. The van der Waals surface area contributed by atoms with Gasteiger partial charge in [-0.25, -0.2) is 0 Å². The number of para-hydroxylation sites is 1. The van der Waals surface area contributed by atoms with Gasteiger partial charge in [0, 0.05) is 24.1 Å². The Kier molecular flexibility index (Phi) is 2.98. The molecule has 6 heteroatoms. The van der Waals surface area contributed by atoms with Gasteiger partial charge in [-0.2, -0.15) is 0 Å². The number of aryl methyl sites for hydroxylation is 1. The summed E-state index contributed by atoms with van der Waals surface area (Å²) in [4.78, 5) is 15.4. The molecular weight excluding hydrogens is 254 g/mol. The largest absolute Gasteiger partial charge is 0.360 e. The van der Waals surface area contributed by atoms with Gasteiger partial charge in [0.25, 0.3) is 5.91 Å². The summed E-state index contributed by atoms with van der Waals surface area (Å²) >= 11 is 0. The second kappa shape index (κ2) is 4.80. The van der Waals surface area contributed by atoms with Crippen LogP contribution in [-0.2, 0) is 7.05 Å². The van der Waals surface area contributed by atoms with Gasteiger partial charge in [0.05, 0.1) is 11.6 Å². The quantitative estimate of drug-likeness (QED) is 0.761. The van der Waals surface area contributed by atoms with Gasteiger partial charge in [-0.3, -0.25) is 4.79 Å². The molecule has 102 valence electrons. The van der Waals surface area contributed by atoms with Crippen LogP contribution in [-0.4, -0.2) is 25.7 Å². The van der Waals surface area contributed by atoms with Crippen molar-refractivity contribution in [3.63, 3.8) is 0 Å². The van der Waals surface area contributed by atoms with Crippen molar-refractivity contribution in [1.82, 2.24) is 25.1 Å². The van der Waals surface area contributed by atoms with Crippen LogP contribution < -0.4 is 5.32 Å². The molecule has 2 heterocycles. The van der Waals surface area contributed by atoms with E-state index in [0.717, 1.165) is 16.7 Å². The molecule has 0 aliphatic heterocycles. The van der Waals surface area contributed by atoms with Crippen molar-refractivity contribution in [2.45, 2.75) is 13.0 Å². The number of H-pyrrole nitrogens is 1.